The molecular formula is C13H19ClNSi. The Bertz CT molecular complexity index is 363. The normalized spacial score (nSPS) is 19.4. The van der Waals surface area contributed by atoms with Gasteiger partial charge < -0.3 is 5.32 Å². The van der Waals surface area contributed by atoms with Crippen molar-refractivity contribution in [1.82, 2.24) is 0 Å². The minimum Gasteiger partial charge on any atom is -0.385 e. The molecule has 1 aliphatic rings. The summed E-state index contributed by atoms with van der Waals surface area (Å²) in [4.78, 5) is 0. The maximum atomic E-state index is 6.00. The molecule has 1 unspecified atom stereocenters. The summed E-state index contributed by atoms with van der Waals surface area (Å²) in [5.41, 5.74) is 3.58. The lowest BCUT2D eigenvalue weighted by Crippen LogP contribution is -2.30. The summed E-state index contributed by atoms with van der Waals surface area (Å²) in [7, 11) is -0.171. The van der Waals surface area contributed by atoms with E-state index in [1.807, 2.05) is 6.07 Å². The summed E-state index contributed by atoms with van der Waals surface area (Å²) in [6.07, 6.45) is 1.25. The Balaban J connectivity index is 2.14. The van der Waals surface area contributed by atoms with Crippen LogP contribution in [-0.2, 0) is 6.42 Å². The van der Waals surface area contributed by atoms with Crippen molar-refractivity contribution in [1.29, 1.82) is 0 Å². The Morgan fingerprint density at radius 3 is 2.81 bits per heavy atom. The second-order valence-corrected chi connectivity index (χ2v) is 8.43. The van der Waals surface area contributed by atoms with E-state index >= 15 is 0 Å². The smallest absolute Gasteiger partial charge is 0.0530 e. The molecule has 3 heteroatoms. The fraction of sp³-hybridized carbons (Fsp3) is 0.538. The van der Waals surface area contributed by atoms with Crippen molar-refractivity contribution in [3.05, 3.63) is 28.8 Å². The van der Waals surface area contributed by atoms with Crippen LogP contribution in [0.3, 0.4) is 0 Å². The molecule has 0 saturated carbocycles. The highest BCUT2D eigenvalue weighted by Gasteiger charge is 2.25. The summed E-state index contributed by atoms with van der Waals surface area (Å²) in [5.74, 6) is 0. The number of fused-ring (bicyclic) bond motifs is 1. The van der Waals surface area contributed by atoms with Crippen LogP contribution in [0.4, 0.5) is 5.69 Å². The number of rotatable bonds is 3. The first kappa shape index (κ1) is 12.0. The van der Waals surface area contributed by atoms with E-state index < -0.39 is 0 Å². The topological polar surface area (TPSA) is 12.0 Å². The fourth-order valence-corrected chi connectivity index (χ4v) is 5.30. The average molecular weight is 253 g/mol. The summed E-state index contributed by atoms with van der Waals surface area (Å²) in [5, 5.41) is 4.38. The standard InChI is InChI=1S/C13H19ClNSi/c1-3-16(4-2)12-7-10-5-6-11(14)8-13(10)15-9-12/h5-6,8,12,15H,3-4,7,9H2,1-2H3. The van der Waals surface area contributed by atoms with E-state index in [0.717, 1.165) is 17.1 Å². The molecule has 1 N–H and O–H groups in total. The molecule has 0 aromatic heterocycles. The molecule has 1 aromatic carbocycles. The Morgan fingerprint density at radius 2 is 2.12 bits per heavy atom. The molecule has 1 aromatic rings. The van der Waals surface area contributed by atoms with E-state index in [0.29, 0.717) is 0 Å². The van der Waals surface area contributed by atoms with Gasteiger partial charge in [-0.3, -0.25) is 0 Å². The van der Waals surface area contributed by atoms with E-state index in [9.17, 15) is 0 Å². The van der Waals surface area contributed by atoms with Crippen LogP contribution < -0.4 is 5.32 Å². The minimum absolute atomic E-state index is 0.171. The molecule has 2 rings (SSSR count). The molecule has 1 heterocycles. The lowest BCUT2D eigenvalue weighted by Gasteiger charge is -2.30. The van der Waals surface area contributed by atoms with Gasteiger partial charge in [0.2, 0.25) is 0 Å². The van der Waals surface area contributed by atoms with Crippen LogP contribution in [-0.4, -0.2) is 15.3 Å². The van der Waals surface area contributed by atoms with Gasteiger partial charge in [0, 0.05) is 17.3 Å². The van der Waals surface area contributed by atoms with E-state index in [-0.39, 0.29) is 8.80 Å². The highest BCUT2D eigenvalue weighted by Crippen LogP contribution is 2.32. The largest absolute Gasteiger partial charge is 0.385 e. The molecule has 1 radical (unpaired) electrons. The predicted octanol–water partition coefficient (Wildman–Crippen LogP) is 4.21. The van der Waals surface area contributed by atoms with Gasteiger partial charge in [-0.2, -0.15) is 0 Å². The zero-order valence-electron chi connectivity index (χ0n) is 10.0. The molecular weight excluding hydrogens is 234 g/mol. The van der Waals surface area contributed by atoms with Crippen molar-refractivity contribution in [2.45, 2.75) is 37.9 Å². The fourth-order valence-electron chi connectivity index (χ4n) is 2.58. The van der Waals surface area contributed by atoms with Crippen molar-refractivity contribution in [3.63, 3.8) is 0 Å². The van der Waals surface area contributed by atoms with Gasteiger partial charge in [-0.15, -0.1) is 0 Å². The number of anilines is 1. The zero-order chi connectivity index (χ0) is 11.5. The van der Waals surface area contributed by atoms with Crippen molar-refractivity contribution in [2.75, 3.05) is 11.9 Å². The van der Waals surface area contributed by atoms with Crippen LogP contribution in [0.1, 0.15) is 19.4 Å². The monoisotopic (exact) mass is 252 g/mol. The molecule has 0 fully saturated rings. The number of nitrogens with one attached hydrogen (secondary N) is 1. The zero-order valence-corrected chi connectivity index (χ0v) is 11.8. The third kappa shape index (κ3) is 2.43. The molecule has 0 bridgehead atoms. The van der Waals surface area contributed by atoms with Crippen LogP contribution >= 0.6 is 11.6 Å². The minimum atomic E-state index is -0.171. The Labute approximate surface area is 105 Å². The van der Waals surface area contributed by atoms with Gasteiger partial charge in [-0.1, -0.05) is 43.6 Å². The van der Waals surface area contributed by atoms with Crippen molar-refractivity contribution in [3.8, 4) is 0 Å². The van der Waals surface area contributed by atoms with Crippen LogP contribution in [0.2, 0.25) is 22.7 Å². The SMILES string of the molecule is CC[Si](CC)C1CNc2cc(Cl)ccc2C1. The van der Waals surface area contributed by atoms with Crippen molar-refractivity contribution >= 4 is 26.1 Å². The average Bonchev–Trinajstić information content (AvgIpc) is 2.31. The van der Waals surface area contributed by atoms with Gasteiger partial charge in [0.1, 0.15) is 0 Å². The van der Waals surface area contributed by atoms with Gasteiger partial charge in [0.05, 0.1) is 8.80 Å². The molecule has 0 saturated heterocycles. The maximum absolute atomic E-state index is 6.00. The van der Waals surface area contributed by atoms with Gasteiger partial charge >= 0.3 is 0 Å². The van der Waals surface area contributed by atoms with E-state index in [1.165, 1.54) is 29.8 Å². The summed E-state index contributed by atoms with van der Waals surface area (Å²) in [6, 6.07) is 9.01. The second kappa shape index (κ2) is 5.24. The Hall–Kier alpha value is -0.473. The second-order valence-electron chi connectivity index (χ2n) is 4.45. The van der Waals surface area contributed by atoms with Gasteiger partial charge in [0.15, 0.2) is 0 Å². The third-order valence-corrected chi connectivity index (χ3v) is 7.18. The molecule has 1 atom stereocenters. The summed E-state index contributed by atoms with van der Waals surface area (Å²) < 4.78 is 0. The molecule has 0 aliphatic carbocycles. The quantitative estimate of drug-likeness (QED) is 0.795. The molecule has 16 heavy (non-hydrogen) atoms. The van der Waals surface area contributed by atoms with Gasteiger partial charge in [-0.05, 0) is 29.7 Å². The number of hydrogen-bond donors (Lipinski definition) is 1. The Kier molecular flexibility index (Phi) is 3.93. The molecule has 1 aliphatic heterocycles. The van der Waals surface area contributed by atoms with Gasteiger partial charge in [0.25, 0.3) is 0 Å². The molecule has 1 nitrogen and oxygen atoms in total. The van der Waals surface area contributed by atoms with E-state index in [2.05, 4.69) is 31.3 Å². The molecule has 0 spiro atoms. The van der Waals surface area contributed by atoms with E-state index in [4.69, 9.17) is 11.6 Å². The molecule has 87 valence electrons. The maximum Gasteiger partial charge on any atom is 0.0530 e. The van der Waals surface area contributed by atoms with Gasteiger partial charge in [-0.25, -0.2) is 0 Å². The van der Waals surface area contributed by atoms with Crippen LogP contribution in [0.15, 0.2) is 18.2 Å². The first-order valence-corrected chi connectivity index (χ1v) is 8.48. The number of halogens is 1. The van der Waals surface area contributed by atoms with Crippen molar-refractivity contribution < 1.29 is 0 Å². The lowest BCUT2D eigenvalue weighted by atomic mass is 10.0. The molecule has 0 amide bonds. The highest BCUT2D eigenvalue weighted by atomic mass is 35.5. The Morgan fingerprint density at radius 1 is 1.38 bits per heavy atom. The number of hydrogen-bond acceptors (Lipinski definition) is 1. The first-order valence-electron chi connectivity index (χ1n) is 6.11. The predicted molar refractivity (Wildman–Crippen MR) is 74.1 cm³/mol. The first-order chi connectivity index (χ1) is 7.74. The number of benzene rings is 1. The third-order valence-electron chi connectivity index (χ3n) is 3.56. The van der Waals surface area contributed by atoms with E-state index in [1.54, 1.807) is 0 Å². The summed E-state index contributed by atoms with van der Waals surface area (Å²) >= 11 is 6.00. The van der Waals surface area contributed by atoms with Crippen LogP contribution in [0, 0.1) is 0 Å². The van der Waals surface area contributed by atoms with Crippen LogP contribution in [0.25, 0.3) is 0 Å². The van der Waals surface area contributed by atoms with Crippen LogP contribution in [0.5, 0.6) is 0 Å². The lowest BCUT2D eigenvalue weighted by molar-refractivity contribution is 0.796. The summed E-state index contributed by atoms with van der Waals surface area (Å²) in [6.45, 7) is 5.83. The van der Waals surface area contributed by atoms with Crippen molar-refractivity contribution in [2.24, 2.45) is 0 Å². The highest BCUT2D eigenvalue weighted by molar-refractivity contribution is 6.60.